The molecule has 35 heavy (non-hydrogen) atoms. The van der Waals surface area contributed by atoms with Gasteiger partial charge < -0.3 is 16.4 Å². The summed E-state index contributed by atoms with van der Waals surface area (Å²) in [7, 11) is 1.93. The molecule has 0 amide bonds. The molecule has 0 bridgehead atoms. The predicted molar refractivity (Wildman–Crippen MR) is 142 cm³/mol. The van der Waals surface area contributed by atoms with Gasteiger partial charge in [0.15, 0.2) is 0 Å². The summed E-state index contributed by atoms with van der Waals surface area (Å²) in [6.45, 7) is 10.3. The van der Waals surface area contributed by atoms with Crippen molar-refractivity contribution in [1.29, 1.82) is 0 Å². The van der Waals surface area contributed by atoms with E-state index in [9.17, 15) is 0 Å². The van der Waals surface area contributed by atoms with Gasteiger partial charge in [-0.3, -0.25) is 9.58 Å². The molecule has 4 rings (SSSR count). The van der Waals surface area contributed by atoms with Crippen LogP contribution in [0.1, 0.15) is 30.9 Å². The van der Waals surface area contributed by atoms with Crippen LogP contribution in [0.25, 0.3) is 11.1 Å². The van der Waals surface area contributed by atoms with Crippen molar-refractivity contribution in [3.8, 4) is 11.1 Å². The first kappa shape index (κ1) is 24.5. The monoisotopic (exact) mass is 472 g/mol. The molecule has 1 aliphatic heterocycles. The lowest BCUT2D eigenvalue weighted by atomic mass is 9.96. The molecule has 1 fully saturated rings. The Morgan fingerprint density at radius 1 is 1.11 bits per heavy atom. The van der Waals surface area contributed by atoms with Crippen molar-refractivity contribution in [2.75, 3.05) is 36.8 Å². The lowest BCUT2D eigenvalue weighted by molar-refractivity contribution is 0.202. The maximum Gasteiger partial charge on any atom is 0.134 e. The van der Waals surface area contributed by atoms with Gasteiger partial charge >= 0.3 is 0 Å². The van der Waals surface area contributed by atoms with E-state index >= 15 is 0 Å². The van der Waals surface area contributed by atoms with Crippen molar-refractivity contribution in [2.24, 2.45) is 18.7 Å². The molecule has 0 radical (unpaired) electrons. The molecule has 1 aliphatic rings. The molecule has 3 aromatic rings. The number of benzene rings is 1. The number of aryl methyl sites for hydroxylation is 1. The summed E-state index contributed by atoms with van der Waals surface area (Å²) < 4.78 is 1.82. The number of hydrogen-bond acceptors (Lipinski definition) is 7. The quantitative estimate of drug-likeness (QED) is 0.386. The second kappa shape index (κ2) is 11.7. The number of hydrogen-bond donors (Lipinski definition) is 3. The molecule has 0 spiro atoms. The van der Waals surface area contributed by atoms with Gasteiger partial charge in [0.25, 0.3) is 0 Å². The second-order valence-electron chi connectivity index (χ2n) is 9.16. The highest BCUT2D eigenvalue weighted by Crippen LogP contribution is 2.24. The zero-order chi connectivity index (χ0) is 24.6. The third-order valence-electron chi connectivity index (χ3n) is 6.64. The first-order valence-electron chi connectivity index (χ1n) is 12.3. The number of nitrogens with two attached hydrogens (primary N) is 1. The van der Waals surface area contributed by atoms with E-state index in [1.165, 1.54) is 5.56 Å². The van der Waals surface area contributed by atoms with Gasteiger partial charge in [0, 0.05) is 44.0 Å². The maximum absolute atomic E-state index is 5.88. The number of nitrogens with zero attached hydrogens (tertiary/aromatic N) is 5. The van der Waals surface area contributed by atoms with Gasteiger partial charge in [-0.1, -0.05) is 37.8 Å². The normalized spacial score (nSPS) is 14.5. The number of anilines is 2. The molecule has 0 saturated carbocycles. The number of aromatic nitrogens is 4. The molecule has 0 aliphatic carbocycles. The van der Waals surface area contributed by atoms with Gasteiger partial charge in [0.2, 0.25) is 0 Å². The molecule has 0 unspecified atom stereocenters. The van der Waals surface area contributed by atoms with Crippen molar-refractivity contribution >= 4 is 11.6 Å². The summed E-state index contributed by atoms with van der Waals surface area (Å²) >= 11 is 0. The van der Waals surface area contributed by atoms with E-state index in [0.29, 0.717) is 12.5 Å². The number of nitrogens with one attached hydrogen (secondary N) is 2. The van der Waals surface area contributed by atoms with Crippen LogP contribution in [0.15, 0.2) is 61.0 Å². The van der Waals surface area contributed by atoms with Crippen molar-refractivity contribution in [3.05, 3.63) is 72.1 Å². The minimum Gasteiger partial charge on any atom is -0.395 e. The average Bonchev–Trinajstić information content (AvgIpc) is 3.33. The Morgan fingerprint density at radius 3 is 2.46 bits per heavy atom. The summed E-state index contributed by atoms with van der Waals surface area (Å²) in [6, 6.07) is 8.56. The van der Waals surface area contributed by atoms with Gasteiger partial charge in [0.1, 0.15) is 18.0 Å². The Labute approximate surface area is 208 Å². The average molecular weight is 473 g/mol. The predicted octanol–water partition coefficient (Wildman–Crippen LogP) is 3.80. The molecule has 184 valence electrons. The van der Waals surface area contributed by atoms with Crippen LogP contribution in [0.2, 0.25) is 0 Å². The zero-order valence-electron chi connectivity index (χ0n) is 20.8. The highest BCUT2D eigenvalue weighted by atomic mass is 15.2. The third-order valence-corrected chi connectivity index (χ3v) is 6.64. The summed E-state index contributed by atoms with van der Waals surface area (Å²) in [5.41, 5.74) is 14.0. The third kappa shape index (κ3) is 6.50. The van der Waals surface area contributed by atoms with Crippen LogP contribution in [-0.4, -0.2) is 50.8 Å². The standard InChI is InChI=1S/C27H36N8/c1-4-24(28)18-35-12-10-21(11-13-35)15-30-27-25(5-2)26(31-19-32-27)29-14-20-6-8-22(9-7-20)23-16-33-34(3)17-23/h6-9,16-17,19,21H,1,5,10-15,18,28H2,2-3H3,(H2,29,30,31,32). The van der Waals surface area contributed by atoms with E-state index in [1.807, 2.05) is 24.1 Å². The lowest BCUT2D eigenvalue weighted by Crippen LogP contribution is -2.37. The van der Waals surface area contributed by atoms with Gasteiger partial charge in [0.05, 0.1) is 11.9 Å². The first-order valence-corrected chi connectivity index (χ1v) is 12.3. The Morgan fingerprint density at radius 2 is 1.83 bits per heavy atom. The van der Waals surface area contributed by atoms with Crippen molar-refractivity contribution in [3.63, 3.8) is 0 Å². The Balaban J connectivity index is 1.31. The fraction of sp³-hybridized carbons (Fsp3) is 0.407. The first-order chi connectivity index (χ1) is 17.1. The second-order valence-corrected chi connectivity index (χ2v) is 9.16. The van der Waals surface area contributed by atoms with Crippen LogP contribution in [0.3, 0.4) is 0 Å². The van der Waals surface area contributed by atoms with Crippen molar-refractivity contribution in [1.82, 2.24) is 24.6 Å². The molecule has 4 N–H and O–H groups in total. The molecule has 3 heterocycles. The molecule has 1 aromatic carbocycles. The van der Waals surface area contributed by atoms with Crippen LogP contribution < -0.4 is 16.4 Å². The lowest BCUT2D eigenvalue weighted by Gasteiger charge is -2.32. The molecule has 1 saturated heterocycles. The van der Waals surface area contributed by atoms with Crippen molar-refractivity contribution < 1.29 is 0 Å². The highest BCUT2D eigenvalue weighted by molar-refractivity contribution is 5.62. The van der Waals surface area contributed by atoms with Gasteiger partial charge in [-0.15, -0.1) is 5.73 Å². The summed E-state index contributed by atoms with van der Waals surface area (Å²) in [5, 5.41) is 11.4. The molecular weight excluding hydrogens is 436 g/mol. The van der Waals surface area contributed by atoms with Gasteiger partial charge in [-0.25, -0.2) is 9.97 Å². The van der Waals surface area contributed by atoms with Crippen LogP contribution in [-0.2, 0) is 20.0 Å². The molecular formula is C27H36N8. The maximum atomic E-state index is 5.88. The van der Waals surface area contributed by atoms with Gasteiger partial charge in [-0.2, -0.15) is 5.10 Å². The van der Waals surface area contributed by atoms with E-state index in [0.717, 1.165) is 79.5 Å². The van der Waals surface area contributed by atoms with E-state index in [2.05, 4.69) is 74.1 Å². The summed E-state index contributed by atoms with van der Waals surface area (Å²) in [4.78, 5) is 11.4. The van der Waals surface area contributed by atoms with Crippen LogP contribution in [0, 0.1) is 5.92 Å². The molecule has 8 heteroatoms. The summed E-state index contributed by atoms with van der Waals surface area (Å²) in [6.07, 6.45) is 8.69. The van der Waals surface area contributed by atoms with Gasteiger partial charge in [-0.05, 0) is 49.4 Å². The largest absolute Gasteiger partial charge is 0.395 e. The molecule has 0 atom stereocenters. The minimum atomic E-state index is 0.620. The van der Waals surface area contributed by atoms with E-state index < -0.39 is 0 Å². The summed E-state index contributed by atoms with van der Waals surface area (Å²) in [5.74, 6) is 2.44. The fourth-order valence-corrected chi connectivity index (χ4v) is 4.51. The minimum absolute atomic E-state index is 0.620. The van der Waals surface area contributed by atoms with Crippen molar-refractivity contribution in [2.45, 2.75) is 32.7 Å². The van der Waals surface area contributed by atoms with Crippen LogP contribution in [0.4, 0.5) is 11.6 Å². The fourth-order valence-electron chi connectivity index (χ4n) is 4.51. The molecule has 8 nitrogen and oxygen atoms in total. The van der Waals surface area contributed by atoms with Crippen LogP contribution >= 0.6 is 0 Å². The Kier molecular flexibility index (Phi) is 8.19. The van der Waals surface area contributed by atoms with E-state index in [1.54, 1.807) is 6.33 Å². The Hall–Kier alpha value is -3.61. The number of rotatable bonds is 10. The van der Waals surface area contributed by atoms with Crippen LogP contribution in [0.5, 0.6) is 0 Å². The number of likely N-dealkylation sites (tertiary alicyclic amines) is 1. The smallest absolute Gasteiger partial charge is 0.134 e. The Bertz CT molecular complexity index is 1150. The highest BCUT2D eigenvalue weighted by Gasteiger charge is 2.20. The topological polar surface area (TPSA) is 96.9 Å². The SMILES string of the molecule is C=C=C(N)CN1CCC(CNc2ncnc(NCc3ccc(-c4cnn(C)c4)cc3)c2CC)CC1. The number of piperidine rings is 1. The zero-order valence-corrected chi connectivity index (χ0v) is 20.8. The van der Waals surface area contributed by atoms with E-state index in [-0.39, 0.29) is 0 Å². The molecule has 2 aromatic heterocycles. The van der Waals surface area contributed by atoms with E-state index in [4.69, 9.17) is 5.73 Å².